The van der Waals surface area contributed by atoms with E-state index < -0.39 is 17.9 Å². The normalized spacial score (nSPS) is 11.6. The second-order valence-electron chi connectivity index (χ2n) is 3.60. The van der Waals surface area contributed by atoms with Crippen molar-refractivity contribution in [2.75, 3.05) is 6.54 Å². The van der Waals surface area contributed by atoms with Gasteiger partial charge in [-0.3, -0.25) is 14.6 Å². The van der Waals surface area contributed by atoms with E-state index in [0.717, 1.165) is 5.56 Å². The summed E-state index contributed by atoms with van der Waals surface area (Å²) < 4.78 is 0. The fourth-order valence-corrected chi connectivity index (χ4v) is 1.08. The third-order valence-corrected chi connectivity index (χ3v) is 1.97. The zero-order valence-electron chi connectivity index (χ0n) is 9.51. The van der Waals surface area contributed by atoms with Gasteiger partial charge >= 0.3 is 11.8 Å². The molecule has 0 aliphatic heterocycles. The molecule has 6 heteroatoms. The van der Waals surface area contributed by atoms with E-state index >= 15 is 0 Å². The van der Waals surface area contributed by atoms with Crippen LogP contribution in [0.4, 0.5) is 0 Å². The quantitative estimate of drug-likeness (QED) is 0.598. The van der Waals surface area contributed by atoms with E-state index in [4.69, 9.17) is 5.11 Å². The molecule has 0 saturated heterocycles. The van der Waals surface area contributed by atoms with Crippen LogP contribution in [0.5, 0.6) is 0 Å². The zero-order chi connectivity index (χ0) is 12.7. The zero-order valence-corrected chi connectivity index (χ0v) is 9.51. The maximum atomic E-state index is 11.3. The largest absolute Gasteiger partial charge is 0.392 e. The van der Waals surface area contributed by atoms with Gasteiger partial charge in [0.05, 0.1) is 6.10 Å². The van der Waals surface area contributed by atoms with Crippen molar-refractivity contribution in [2.45, 2.75) is 19.6 Å². The minimum Gasteiger partial charge on any atom is -0.392 e. The maximum absolute atomic E-state index is 11.3. The number of carbonyl (C=O) groups is 2. The Hall–Kier alpha value is -1.95. The number of nitrogens with zero attached hydrogens (tertiary/aromatic N) is 1. The third-order valence-electron chi connectivity index (χ3n) is 1.97. The van der Waals surface area contributed by atoms with Crippen molar-refractivity contribution >= 4 is 11.8 Å². The fourth-order valence-electron chi connectivity index (χ4n) is 1.08. The molecule has 0 bridgehead atoms. The van der Waals surface area contributed by atoms with Crippen LogP contribution in [0.2, 0.25) is 0 Å². The van der Waals surface area contributed by atoms with Gasteiger partial charge in [-0.15, -0.1) is 0 Å². The first-order valence-electron chi connectivity index (χ1n) is 5.22. The Bertz CT molecular complexity index is 379. The molecule has 0 radical (unpaired) electrons. The lowest BCUT2D eigenvalue weighted by molar-refractivity contribution is -0.139. The van der Waals surface area contributed by atoms with E-state index in [1.54, 1.807) is 24.5 Å². The number of aliphatic hydroxyl groups is 1. The van der Waals surface area contributed by atoms with Gasteiger partial charge in [0.25, 0.3) is 0 Å². The van der Waals surface area contributed by atoms with Crippen molar-refractivity contribution in [3.63, 3.8) is 0 Å². The summed E-state index contributed by atoms with van der Waals surface area (Å²) in [6.45, 7) is 1.85. The van der Waals surface area contributed by atoms with Gasteiger partial charge in [0, 0.05) is 25.5 Å². The molecule has 1 heterocycles. The molecule has 0 fully saturated rings. The van der Waals surface area contributed by atoms with Crippen LogP contribution in [0.3, 0.4) is 0 Å². The Balaban J connectivity index is 2.32. The van der Waals surface area contributed by atoms with E-state index in [-0.39, 0.29) is 13.1 Å². The second kappa shape index (κ2) is 6.59. The molecule has 1 unspecified atom stereocenters. The molecular formula is C11H15N3O3. The van der Waals surface area contributed by atoms with Crippen molar-refractivity contribution in [2.24, 2.45) is 0 Å². The van der Waals surface area contributed by atoms with Crippen LogP contribution in [0.25, 0.3) is 0 Å². The Kier molecular flexibility index (Phi) is 5.09. The molecule has 92 valence electrons. The number of hydrogen-bond donors (Lipinski definition) is 3. The van der Waals surface area contributed by atoms with Crippen molar-refractivity contribution in [1.29, 1.82) is 0 Å². The number of amides is 2. The number of aromatic nitrogens is 1. The van der Waals surface area contributed by atoms with E-state index in [1.807, 2.05) is 0 Å². The lowest BCUT2D eigenvalue weighted by Gasteiger charge is -2.07. The second-order valence-corrected chi connectivity index (χ2v) is 3.60. The predicted molar refractivity (Wildman–Crippen MR) is 60.8 cm³/mol. The number of nitrogens with one attached hydrogen (secondary N) is 2. The Morgan fingerprint density at radius 3 is 2.47 bits per heavy atom. The van der Waals surface area contributed by atoms with Crippen molar-refractivity contribution in [3.05, 3.63) is 30.1 Å². The topological polar surface area (TPSA) is 91.3 Å². The Morgan fingerprint density at radius 1 is 1.29 bits per heavy atom. The first kappa shape index (κ1) is 13.1. The summed E-state index contributed by atoms with van der Waals surface area (Å²) in [7, 11) is 0. The van der Waals surface area contributed by atoms with Gasteiger partial charge in [-0.2, -0.15) is 0 Å². The molecule has 3 N–H and O–H groups in total. The number of carbonyl (C=O) groups excluding carboxylic acids is 2. The SMILES string of the molecule is CC(O)CNC(=O)C(=O)NCc1ccncc1. The number of rotatable bonds is 4. The molecule has 0 spiro atoms. The van der Waals surface area contributed by atoms with Gasteiger partial charge in [0.2, 0.25) is 0 Å². The van der Waals surface area contributed by atoms with E-state index in [0.29, 0.717) is 0 Å². The minimum absolute atomic E-state index is 0.0571. The van der Waals surface area contributed by atoms with Crippen LogP contribution in [0, 0.1) is 0 Å². The standard InChI is InChI=1S/C11H15N3O3/c1-8(15)6-13-10(16)11(17)14-7-9-2-4-12-5-3-9/h2-5,8,15H,6-7H2,1H3,(H,13,16)(H,14,17). The molecule has 1 rings (SSSR count). The van der Waals surface area contributed by atoms with Crippen molar-refractivity contribution in [3.8, 4) is 0 Å². The molecule has 0 saturated carbocycles. The Morgan fingerprint density at radius 2 is 1.88 bits per heavy atom. The molecule has 0 aliphatic rings. The first-order chi connectivity index (χ1) is 8.09. The highest BCUT2D eigenvalue weighted by Crippen LogP contribution is 1.94. The molecule has 1 aromatic rings. The average molecular weight is 237 g/mol. The van der Waals surface area contributed by atoms with Crippen molar-refractivity contribution < 1.29 is 14.7 Å². The molecule has 6 nitrogen and oxygen atoms in total. The highest BCUT2D eigenvalue weighted by atomic mass is 16.3. The summed E-state index contributed by atoms with van der Waals surface area (Å²) >= 11 is 0. The molecule has 2 amide bonds. The number of hydrogen-bond acceptors (Lipinski definition) is 4. The van der Waals surface area contributed by atoms with E-state index in [2.05, 4.69) is 15.6 Å². The van der Waals surface area contributed by atoms with Crippen LogP contribution < -0.4 is 10.6 Å². The Labute approximate surface area is 99.1 Å². The summed E-state index contributed by atoms with van der Waals surface area (Å²) in [6.07, 6.45) is 2.54. The van der Waals surface area contributed by atoms with Crippen LogP contribution in [0.1, 0.15) is 12.5 Å². The number of pyridine rings is 1. The summed E-state index contributed by atoms with van der Waals surface area (Å²) in [4.78, 5) is 26.4. The van der Waals surface area contributed by atoms with E-state index in [9.17, 15) is 9.59 Å². The fraction of sp³-hybridized carbons (Fsp3) is 0.364. The molecule has 1 atom stereocenters. The van der Waals surface area contributed by atoms with Crippen LogP contribution >= 0.6 is 0 Å². The predicted octanol–water partition coefficient (Wildman–Crippen LogP) is -0.805. The van der Waals surface area contributed by atoms with Gasteiger partial charge in [-0.25, -0.2) is 0 Å². The lowest BCUT2D eigenvalue weighted by Crippen LogP contribution is -2.42. The maximum Gasteiger partial charge on any atom is 0.309 e. The number of aliphatic hydroxyl groups excluding tert-OH is 1. The van der Waals surface area contributed by atoms with Gasteiger partial charge < -0.3 is 15.7 Å². The van der Waals surface area contributed by atoms with Gasteiger partial charge in [0.15, 0.2) is 0 Å². The summed E-state index contributed by atoms with van der Waals surface area (Å²) in [5.41, 5.74) is 0.858. The van der Waals surface area contributed by atoms with Crippen LogP contribution in [-0.4, -0.2) is 34.6 Å². The lowest BCUT2D eigenvalue weighted by atomic mass is 10.3. The van der Waals surface area contributed by atoms with Gasteiger partial charge in [-0.05, 0) is 24.6 Å². The molecule has 17 heavy (non-hydrogen) atoms. The highest BCUT2D eigenvalue weighted by molar-refractivity contribution is 6.35. The monoisotopic (exact) mass is 237 g/mol. The first-order valence-corrected chi connectivity index (χ1v) is 5.22. The summed E-state index contributed by atoms with van der Waals surface area (Å²) in [6, 6.07) is 3.49. The van der Waals surface area contributed by atoms with Crippen LogP contribution in [-0.2, 0) is 16.1 Å². The summed E-state index contributed by atoms with van der Waals surface area (Å²) in [5, 5.41) is 13.7. The summed E-state index contributed by atoms with van der Waals surface area (Å²) in [5.74, 6) is -1.47. The molecular weight excluding hydrogens is 222 g/mol. The third kappa shape index (κ3) is 5.07. The van der Waals surface area contributed by atoms with Gasteiger partial charge in [-0.1, -0.05) is 0 Å². The minimum atomic E-state index is -0.750. The van der Waals surface area contributed by atoms with Gasteiger partial charge in [0.1, 0.15) is 0 Å². The van der Waals surface area contributed by atoms with Crippen LogP contribution in [0.15, 0.2) is 24.5 Å². The van der Waals surface area contributed by atoms with Crippen molar-refractivity contribution in [1.82, 2.24) is 15.6 Å². The molecule has 0 aromatic carbocycles. The van der Waals surface area contributed by atoms with E-state index in [1.165, 1.54) is 6.92 Å². The highest BCUT2D eigenvalue weighted by Gasteiger charge is 2.12. The average Bonchev–Trinajstić information content (AvgIpc) is 2.34. The molecule has 1 aromatic heterocycles. The smallest absolute Gasteiger partial charge is 0.309 e. The molecule has 0 aliphatic carbocycles.